The molecule has 25 heavy (non-hydrogen) atoms. The molecule has 0 fully saturated rings. The molecule has 0 unspecified atom stereocenters. The van der Waals surface area contributed by atoms with Crippen molar-refractivity contribution in [3.63, 3.8) is 0 Å². The second-order valence-electron chi connectivity index (χ2n) is 5.32. The highest BCUT2D eigenvalue weighted by Gasteiger charge is 2.09. The van der Waals surface area contributed by atoms with Crippen molar-refractivity contribution in [1.29, 1.82) is 0 Å². The van der Waals surface area contributed by atoms with Gasteiger partial charge >= 0.3 is 0 Å². The summed E-state index contributed by atoms with van der Waals surface area (Å²) in [7, 11) is 0. The van der Waals surface area contributed by atoms with E-state index in [0.717, 1.165) is 0 Å². The first kappa shape index (κ1) is 17.3. The Balaban J connectivity index is 1.59. The van der Waals surface area contributed by atoms with E-state index in [9.17, 15) is 9.18 Å². The number of halogens is 2. The summed E-state index contributed by atoms with van der Waals surface area (Å²) in [5, 5.41) is 8.67. The van der Waals surface area contributed by atoms with Crippen molar-refractivity contribution in [3.8, 4) is 0 Å². The summed E-state index contributed by atoms with van der Waals surface area (Å²) in [6.45, 7) is 1.67. The highest BCUT2D eigenvalue weighted by molar-refractivity contribution is 7.13. The molecule has 0 aliphatic carbocycles. The lowest BCUT2D eigenvalue weighted by atomic mass is 10.2. The van der Waals surface area contributed by atoms with Gasteiger partial charge < -0.3 is 10.6 Å². The summed E-state index contributed by atoms with van der Waals surface area (Å²) >= 11 is 7.16. The van der Waals surface area contributed by atoms with Crippen molar-refractivity contribution in [1.82, 2.24) is 9.97 Å². The Labute approximate surface area is 152 Å². The number of rotatable bonds is 5. The number of amides is 1. The number of carbonyl (C=O) groups excluding carboxylic acids is 1. The largest absolute Gasteiger partial charge is 0.326 e. The van der Waals surface area contributed by atoms with Crippen LogP contribution in [0.2, 0.25) is 5.02 Å². The van der Waals surface area contributed by atoms with Crippen LogP contribution >= 0.6 is 22.9 Å². The Bertz CT molecular complexity index is 898. The molecule has 1 aromatic carbocycles. The Morgan fingerprint density at radius 3 is 2.88 bits per heavy atom. The fourth-order valence-electron chi connectivity index (χ4n) is 2.05. The summed E-state index contributed by atoms with van der Waals surface area (Å²) in [6, 6.07) is 8.04. The second-order valence-corrected chi connectivity index (χ2v) is 6.61. The van der Waals surface area contributed by atoms with Crippen molar-refractivity contribution < 1.29 is 9.18 Å². The molecule has 128 valence electrons. The minimum absolute atomic E-state index is 0.0989. The van der Waals surface area contributed by atoms with Crippen LogP contribution in [0.15, 0.2) is 41.9 Å². The monoisotopic (exact) mass is 376 g/mol. The van der Waals surface area contributed by atoms with E-state index >= 15 is 0 Å². The summed E-state index contributed by atoms with van der Waals surface area (Å²) in [5.74, 6) is 0.00279. The van der Waals surface area contributed by atoms with E-state index in [1.54, 1.807) is 36.6 Å². The Morgan fingerprint density at radius 2 is 2.16 bits per heavy atom. The van der Waals surface area contributed by atoms with Gasteiger partial charge in [-0.3, -0.25) is 4.79 Å². The number of nitrogens with one attached hydrogen (secondary N) is 2. The SMILES string of the molecule is Cc1ccc(NC(=O)Cc2csc(Nc3ccc(Cl)cn3)n2)cc1F. The van der Waals surface area contributed by atoms with Crippen molar-refractivity contribution in [2.75, 3.05) is 10.6 Å². The first-order valence-corrected chi connectivity index (χ1v) is 8.64. The zero-order valence-corrected chi connectivity index (χ0v) is 14.8. The number of hydrogen-bond donors (Lipinski definition) is 2. The van der Waals surface area contributed by atoms with E-state index in [4.69, 9.17) is 11.6 Å². The average molecular weight is 377 g/mol. The molecule has 0 aliphatic heterocycles. The van der Waals surface area contributed by atoms with Crippen LogP contribution in [0.25, 0.3) is 0 Å². The topological polar surface area (TPSA) is 66.9 Å². The van der Waals surface area contributed by atoms with Gasteiger partial charge in [0.15, 0.2) is 5.13 Å². The maximum atomic E-state index is 13.5. The van der Waals surface area contributed by atoms with Crippen LogP contribution in [0.3, 0.4) is 0 Å². The van der Waals surface area contributed by atoms with Crippen LogP contribution in [0.5, 0.6) is 0 Å². The molecule has 0 aliphatic rings. The van der Waals surface area contributed by atoms with Gasteiger partial charge in [-0.1, -0.05) is 17.7 Å². The van der Waals surface area contributed by atoms with Gasteiger partial charge in [0.25, 0.3) is 0 Å². The van der Waals surface area contributed by atoms with Gasteiger partial charge in [-0.15, -0.1) is 11.3 Å². The molecule has 2 heterocycles. The maximum absolute atomic E-state index is 13.5. The normalized spacial score (nSPS) is 10.5. The third kappa shape index (κ3) is 4.74. The lowest BCUT2D eigenvalue weighted by molar-refractivity contribution is -0.115. The molecular formula is C17H14ClFN4OS. The van der Waals surface area contributed by atoms with Gasteiger partial charge in [-0.05, 0) is 36.8 Å². The Kier molecular flexibility index (Phi) is 5.25. The number of anilines is 3. The molecule has 0 saturated carbocycles. The van der Waals surface area contributed by atoms with Crippen LogP contribution < -0.4 is 10.6 Å². The van der Waals surface area contributed by atoms with Crippen LogP contribution in [0, 0.1) is 12.7 Å². The van der Waals surface area contributed by atoms with Gasteiger partial charge in [-0.2, -0.15) is 0 Å². The molecule has 0 atom stereocenters. The minimum Gasteiger partial charge on any atom is -0.326 e. The predicted octanol–water partition coefficient (Wildman–Crippen LogP) is 4.56. The minimum atomic E-state index is -0.353. The third-order valence-corrected chi connectivity index (χ3v) is 4.34. The van der Waals surface area contributed by atoms with E-state index in [-0.39, 0.29) is 18.1 Å². The smallest absolute Gasteiger partial charge is 0.230 e. The van der Waals surface area contributed by atoms with E-state index < -0.39 is 0 Å². The number of benzene rings is 1. The molecule has 5 nitrogen and oxygen atoms in total. The lowest BCUT2D eigenvalue weighted by Crippen LogP contribution is -2.14. The van der Waals surface area contributed by atoms with Crippen LogP contribution in [-0.2, 0) is 11.2 Å². The fraction of sp³-hybridized carbons (Fsp3) is 0.118. The molecule has 3 aromatic rings. The van der Waals surface area contributed by atoms with Crippen molar-refractivity contribution in [3.05, 3.63) is 64.0 Å². The van der Waals surface area contributed by atoms with Crippen LogP contribution in [0.4, 0.5) is 21.0 Å². The summed E-state index contributed by atoms with van der Waals surface area (Å²) in [4.78, 5) is 20.5. The Hall–Kier alpha value is -2.51. The molecule has 0 radical (unpaired) electrons. The molecule has 8 heteroatoms. The van der Waals surface area contributed by atoms with E-state index in [2.05, 4.69) is 20.6 Å². The number of pyridine rings is 1. The third-order valence-electron chi connectivity index (χ3n) is 3.31. The van der Waals surface area contributed by atoms with Gasteiger partial charge in [0.05, 0.1) is 17.1 Å². The standard InChI is InChI=1S/C17H14ClFN4OS/c1-10-2-4-12(6-14(10)19)21-16(24)7-13-9-25-17(22-13)23-15-5-3-11(18)8-20-15/h2-6,8-9H,7H2,1H3,(H,21,24)(H,20,22,23). The molecule has 1 amide bonds. The average Bonchev–Trinajstić information content (AvgIpc) is 3.00. The highest BCUT2D eigenvalue weighted by Crippen LogP contribution is 2.21. The molecular weight excluding hydrogens is 363 g/mol. The first-order valence-electron chi connectivity index (χ1n) is 7.38. The fourth-order valence-corrected chi connectivity index (χ4v) is 2.87. The molecule has 0 saturated heterocycles. The van der Waals surface area contributed by atoms with Gasteiger partial charge in [0.1, 0.15) is 11.6 Å². The van der Waals surface area contributed by atoms with Crippen LogP contribution in [0.1, 0.15) is 11.3 Å². The van der Waals surface area contributed by atoms with Crippen molar-refractivity contribution in [2.45, 2.75) is 13.3 Å². The molecule has 0 spiro atoms. The summed E-state index contributed by atoms with van der Waals surface area (Å²) < 4.78 is 13.5. The zero-order chi connectivity index (χ0) is 17.8. The number of carbonyl (C=O) groups is 1. The lowest BCUT2D eigenvalue weighted by Gasteiger charge is -2.05. The number of aryl methyl sites for hydroxylation is 1. The maximum Gasteiger partial charge on any atom is 0.230 e. The molecule has 2 aromatic heterocycles. The molecule has 0 bridgehead atoms. The van der Waals surface area contributed by atoms with Gasteiger partial charge in [-0.25, -0.2) is 14.4 Å². The van der Waals surface area contributed by atoms with E-state index in [1.807, 2.05) is 0 Å². The highest BCUT2D eigenvalue weighted by atomic mass is 35.5. The first-order chi connectivity index (χ1) is 12.0. The Morgan fingerprint density at radius 1 is 1.32 bits per heavy atom. The molecule has 2 N–H and O–H groups in total. The van der Waals surface area contributed by atoms with Crippen molar-refractivity contribution in [2.24, 2.45) is 0 Å². The van der Waals surface area contributed by atoms with Crippen LogP contribution in [-0.4, -0.2) is 15.9 Å². The predicted molar refractivity (Wildman–Crippen MR) is 98.1 cm³/mol. The quantitative estimate of drug-likeness (QED) is 0.684. The summed E-state index contributed by atoms with van der Waals surface area (Å²) in [6.07, 6.45) is 1.63. The van der Waals surface area contributed by atoms with Crippen molar-refractivity contribution >= 4 is 45.5 Å². The second kappa shape index (κ2) is 7.58. The summed E-state index contributed by atoms with van der Waals surface area (Å²) in [5.41, 5.74) is 1.57. The van der Waals surface area contributed by atoms with Gasteiger partial charge in [0, 0.05) is 17.3 Å². The number of nitrogens with zero attached hydrogens (tertiary/aromatic N) is 2. The van der Waals surface area contributed by atoms with Gasteiger partial charge in [0.2, 0.25) is 5.91 Å². The number of hydrogen-bond acceptors (Lipinski definition) is 5. The van der Waals surface area contributed by atoms with E-state index in [0.29, 0.717) is 32.9 Å². The zero-order valence-electron chi connectivity index (χ0n) is 13.2. The molecule has 3 rings (SSSR count). The van der Waals surface area contributed by atoms with E-state index in [1.165, 1.54) is 23.6 Å². The number of aromatic nitrogens is 2. The number of thiazole rings is 1.